The largest absolute Gasteiger partial charge is 0.497 e. The summed E-state index contributed by atoms with van der Waals surface area (Å²) < 4.78 is 38.5. The predicted octanol–water partition coefficient (Wildman–Crippen LogP) is 4.36. The number of methoxy groups -OCH3 is 1. The molecular weight excluding hydrogens is 464 g/mol. The van der Waals surface area contributed by atoms with Crippen LogP contribution in [-0.4, -0.2) is 46.0 Å². The average molecular weight is 495 g/mol. The van der Waals surface area contributed by atoms with E-state index in [2.05, 4.69) is 29.0 Å². The maximum absolute atomic E-state index is 12.6. The number of anilines is 1. The fourth-order valence-corrected chi connectivity index (χ4v) is 5.22. The summed E-state index contributed by atoms with van der Waals surface area (Å²) >= 11 is 0. The SMILES string of the molecule is COc1ccc(NS(=O)(=O)c2ccc(OCC(=O)N3CCC(Cc4ccccc4)CC3)cc2)cc1. The minimum absolute atomic E-state index is 0.0546. The lowest BCUT2D eigenvalue weighted by atomic mass is 9.90. The molecule has 0 radical (unpaired) electrons. The smallest absolute Gasteiger partial charge is 0.261 e. The Bertz CT molecular complexity index is 1200. The maximum atomic E-state index is 12.6. The zero-order valence-electron chi connectivity index (χ0n) is 19.7. The van der Waals surface area contributed by atoms with E-state index in [9.17, 15) is 13.2 Å². The van der Waals surface area contributed by atoms with Gasteiger partial charge in [0.05, 0.1) is 12.0 Å². The van der Waals surface area contributed by atoms with Gasteiger partial charge in [-0.15, -0.1) is 0 Å². The van der Waals surface area contributed by atoms with Crippen molar-refractivity contribution in [3.8, 4) is 11.5 Å². The van der Waals surface area contributed by atoms with Crippen molar-refractivity contribution in [1.29, 1.82) is 0 Å². The molecule has 1 heterocycles. The molecule has 1 aliphatic rings. The lowest BCUT2D eigenvalue weighted by Gasteiger charge is -2.32. The molecule has 3 aromatic carbocycles. The molecule has 0 aliphatic carbocycles. The van der Waals surface area contributed by atoms with E-state index < -0.39 is 10.0 Å². The van der Waals surface area contributed by atoms with E-state index in [1.807, 2.05) is 11.0 Å². The molecule has 0 bridgehead atoms. The Morgan fingerprint density at radius 1 is 0.914 bits per heavy atom. The predicted molar refractivity (Wildman–Crippen MR) is 135 cm³/mol. The molecule has 8 heteroatoms. The molecule has 0 spiro atoms. The highest BCUT2D eigenvalue weighted by atomic mass is 32.2. The molecule has 184 valence electrons. The topological polar surface area (TPSA) is 84.9 Å². The van der Waals surface area contributed by atoms with Crippen LogP contribution in [0.4, 0.5) is 5.69 Å². The maximum Gasteiger partial charge on any atom is 0.261 e. The standard InChI is InChI=1S/C27H30N2O5S/c1-33-24-9-7-23(8-10-24)28-35(31,32)26-13-11-25(12-14-26)34-20-27(30)29-17-15-22(16-18-29)19-21-5-3-2-4-6-21/h2-14,22,28H,15-20H2,1H3. The Hall–Kier alpha value is -3.52. The quantitative estimate of drug-likeness (QED) is 0.478. The number of amides is 1. The number of carbonyl (C=O) groups is 1. The molecule has 1 fully saturated rings. The third-order valence-corrected chi connectivity index (χ3v) is 7.57. The number of nitrogens with zero attached hydrogens (tertiary/aromatic N) is 1. The molecule has 0 atom stereocenters. The van der Waals surface area contributed by atoms with E-state index in [4.69, 9.17) is 9.47 Å². The van der Waals surface area contributed by atoms with Gasteiger partial charge in [-0.25, -0.2) is 8.42 Å². The van der Waals surface area contributed by atoms with Crippen LogP contribution >= 0.6 is 0 Å². The van der Waals surface area contributed by atoms with Crippen LogP contribution in [-0.2, 0) is 21.2 Å². The zero-order valence-corrected chi connectivity index (χ0v) is 20.5. The van der Waals surface area contributed by atoms with E-state index in [1.54, 1.807) is 43.5 Å². The molecule has 4 rings (SSSR count). The summed E-state index contributed by atoms with van der Waals surface area (Å²) in [6.07, 6.45) is 3.00. The van der Waals surface area contributed by atoms with Gasteiger partial charge < -0.3 is 14.4 Å². The van der Waals surface area contributed by atoms with E-state index >= 15 is 0 Å². The van der Waals surface area contributed by atoms with E-state index in [0.717, 1.165) is 32.4 Å². The first-order chi connectivity index (χ1) is 16.9. The summed E-state index contributed by atoms with van der Waals surface area (Å²) in [5.41, 5.74) is 1.77. The summed E-state index contributed by atoms with van der Waals surface area (Å²) in [6, 6.07) is 23.1. The van der Waals surface area contributed by atoms with Gasteiger partial charge in [0.2, 0.25) is 0 Å². The van der Waals surface area contributed by atoms with Gasteiger partial charge >= 0.3 is 0 Å². The highest BCUT2D eigenvalue weighted by Crippen LogP contribution is 2.23. The van der Waals surface area contributed by atoms with Gasteiger partial charge in [-0.3, -0.25) is 9.52 Å². The fourth-order valence-electron chi connectivity index (χ4n) is 4.16. The van der Waals surface area contributed by atoms with Crippen LogP contribution in [0.25, 0.3) is 0 Å². The van der Waals surface area contributed by atoms with Gasteiger partial charge in [0.25, 0.3) is 15.9 Å². The molecule has 35 heavy (non-hydrogen) atoms. The Balaban J connectivity index is 1.24. The van der Waals surface area contributed by atoms with E-state index in [-0.39, 0.29) is 17.4 Å². The number of hydrogen-bond donors (Lipinski definition) is 1. The molecule has 1 aliphatic heterocycles. The summed E-state index contributed by atoms with van der Waals surface area (Å²) in [7, 11) is -2.20. The Labute approximate surface area is 206 Å². The Kier molecular flexibility index (Phi) is 7.92. The lowest BCUT2D eigenvalue weighted by molar-refractivity contribution is -0.134. The number of nitrogens with one attached hydrogen (secondary N) is 1. The van der Waals surface area contributed by atoms with Gasteiger partial charge in [-0.05, 0) is 79.3 Å². The van der Waals surface area contributed by atoms with Crippen molar-refractivity contribution < 1.29 is 22.7 Å². The van der Waals surface area contributed by atoms with Crippen molar-refractivity contribution in [2.24, 2.45) is 5.92 Å². The third kappa shape index (κ3) is 6.76. The minimum Gasteiger partial charge on any atom is -0.497 e. The highest BCUT2D eigenvalue weighted by Gasteiger charge is 2.23. The van der Waals surface area contributed by atoms with Gasteiger partial charge in [0.15, 0.2) is 6.61 Å². The minimum atomic E-state index is -3.75. The second kappa shape index (κ2) is 11.3. The van der Waals surface area contributed by atoms with Crippen LogP contribution < -0.4 is 14.2 Å². The summed E-state index contributed by atoms with van der Waals surface area (Å²) in [5.74, 6) is 1.62. The fraction of sp³-hybridized carbons (Fsp3) is 0.296. The van der Waals surface area contributed by atoms with E-state index in [0.29, 0.717) is 23.1 Å². The highest BCUT2D eigenvalue weighted by molar-refractivity contribution is 7.92. The van der Waals surface area contributed by atoms with Gasteiger partial charge in [-0.1, -0.05) is 30.3 Å². The van der Waals surface area contributed by atoms with Crippen molar-refractivity contribution in [1.82, 2.24) is 4.90 Å². The van der Waals surface area contributed by atoms with Crippen molar-refractivity contribution >= 4 is 21.6 Å². The molecule has 0 aromatic heterocycles. The second-order valence-corrected chi connectivity index (χ2v) is 10.3. The number of hydrogen-bond acceptors (Lipinski definition) is 5. The third-order valence-electron chi connectivity index (χ3n) is 6.17. The monoisotopic (exact) mass is 494 g/mol. The Morgan fingerprint density at radius 3 is 2.17 bits per heavy atom. The number of sulfonamides is 1. The van der Waals surface area contributed by atoms with Crippen LogP contribution in [0.1, 0.15) is 18.4 Å². The first-order valence-corrected chi connectivity index (χ1v) is 13.1. The Morgan fingerprint density at radius 2 is 1.54 bits per heavy atom. The first kappa shape index (κ1) is 24.6. The molecule has 1 N–H and O–H groups in total. The number of benzene rings is 3. The second-order valence-electron chi connectivity index (χ2n) is 8.61. The van der Waals surface area contributed by atoms with Crippen molar-refractivity contribution in [2.75, 3.05) is 31.5 Å². The van der Waals surface area contributed by atoms with E-state index in [1.165, 1.54) is 17.7 Å². The molecule has 3 aromatic rings. The first-order valence-electron chi connectivity index (χ1n) is 11.6. The molecular formula is C27H30N2O5S. The van der Waals surface area contributed by atoms with Crippen LogP contribution in [0.3, 0.4) is 0 Å². The van der Waals surface area contributed by atoms with Crippen molar-refractivity contribution in [3.63, 3.8) is 0 Å². The van der Waals surface area contributed by atoms with Gasteiger partial charge in [0.1, 0.15) is 11.5 Å². The van der Waals surface area contributed by atoms with Gasteiger partial charge in [0, 0.05) is 18.8 Å². The summed E-state index contributed by atoms with van der Waals surface area (Å²) in [4.78, 5) is 14.5. The normalized spacial score (nSPS) is 14.4. The number of carbonyl (C=O) groups excluding carboxylic acids is 1. The van der Waals surface area contributed by atoms with Crippen LogP contribution in [0.2, 0.25) is 0 Å². The zero-order chi connectivity index (χ0) is 24.7. The number of likely N-dealkylation sites (tertiary alicyclic amines) is 1. The van der Waals surface area contributed by atoms with Crippen LogP contribution in [0.5, 0.6) is 11.5 Å². The lowest BCUT2D eigenvalue weighted by Crippen LogP contribution is -2.41. The van der Waals surface area contributed by atoms with Gasteiger partial charge in [-0.2, -0.15) is 0 Å². The molecule has 7 nitrogen and oxygen atoms in total. The molecule has 1 saturated heterocycles. The number of piperidine rings is 1. The molecule has 1 amide bonds. The summed E-state index contributed by atoms with van der Waals surface area (Å²) in [5, 5.41) is 0. The van der Waals surface area contributed by atoms with Crippen molar-refractivity contribution in [2.45, 2.75) is 24.2 Å². The number of ether oxygens (including phenoxy) is 2. The van der Waals surface area contributed by atoms with Crippen LogP contribution in [0.15, 0.2) is 83.8 Å². The van der Waals surface area contributed by atoms with Crippen LogP contribution in [0, 0.1) is 5.92 Å². The number of rotatable bonds is 9. The molecule has 0 saturated carbocycles. The average Bonchev–Trinajstić information content (AvgIpc) is 2.89. The summed E-state index contributed by atoms with van der Waals surface area (Å²) in [6.45, 7) is 1.39. The molecule has 0 unspecified atom stereocenters. The van der Waals surface area contributed by atoms with Crippen molar-refractivity contribution in [3.05, 3.63) is 84.4 Å².